The van der Waals surface area contributed by atoms with Crippen molar-refractivity contribution in [3.8, 4) is 5.75 Å². The van der Waals surface area contributed by atoms with E-state index in [0.29, 0.717) is 17.0 Å². The average molecular weight is 519 g/mol. The van der Waals surface area contributed by atoms with Crippen LogP contribution in [0.15, 0.2) is 70.5 Å². The van der Waals surface area contributed by atoms with Crippen LogP contribution in [0.1, 0.15) is 22.3 Å². The summed E-state index contributed by atoms with van der Waals surface area (Å²) in [7, 11) is 2.00. The molecule has 0 fully saturated rings. The molecule has 36 heavy (non-hydrogen) atoms. The summed E-state index contributed by atoms with van der Waals surface area (Å²) in [5.41, 5.74) is 4.55. The van der Waals surface area contributed by atoms with Gasteiger partial charge in [-0.2, -0.15) is 0 Å². The molecule has 3 aromatic rings. The van der Waals surface area contributed by atoms with Crippen LogP contribution in [-0.4, -0.2) is 53.9 Å². The summed E-state index contributed by atoms with van der Waals surface area (Å²) in [5, 5.41) is 0. The summed E-state index contributed by atoms with van der Waals surface area (Å²) in [6.45, 7) is 1.82. The summed E-state index contributed by atoms with van der Waals surface area (Å²) in [6.07, 6.45) is -2.61. The molecule has 0 spiro atoms. The second-order valence-corrected chi connectivity index (χ2v) is 11.2. The van der Waals surface area contributed by atoms with Crippen LogP contribution in [0.5, 0.6) is 5.75 Å². The zero-order chi connectivity index (χ0) is 26.1. The normalized spacial score (nSPS) is 14.7. The number of ether oxygens (including phenoxy) is 1. The highest BCUT2D eigenvalue weighted by molar-refractivity contribution is 7.91. The molecule has 9 heteroatoms. The topological polar surface area (TPSA) is 49.9 Å². The fraction of sp³-hybridized carbons (Fsp3) is 0.333. The van der Waals surface area contributed by atoms with Gasteiger partial charge < -0.3 is 14.5 Å². The first-order valence-electron chi connectivity index (χ1n) is 11.6. The van der Waals surface area contributed by atoms with Crippen LogP contribution in [-0.2, 0) is 29.1 Å². The predicted molar refractivity (Wildman–Crippen MR) is 133 cm³/mol. The maximum atomic E-state index is 13.7. The Labute approximate surface area is 210 Å². The first-order chi connectivity index (χ1) is 16.9. The van der Waals surface area contributed by atoms with Gasteiger partial charge in [0, 0.05) is 27.2 Å². The van der Waals surface area contributed by atoms with Crippen LogP contribution in [0.4, 0.5) is 18.9 Å². The molecular formula is C27H29F3N2O3S. The van der Waals surface area contributed by atoms with Crippen LogP contribution in [0.25, 0.3) is 0 Å². The second-order valence-electron chi connectivity index (χ2n) is 9.30. The standard InChI is InChI=1S/C27H29F3N2O3S/c1-31(2)25-17-21-12-14-32(3)15-13-22(21)18-26(25)36(33,34)24-10-6-20(7-11-24)16-19-4-8-23(9-5-19)35-27(28,29)30/h4-11,17-18H,12-16H2,1-3H3. The Bertz CT molecular complexity index is 1320. The Morgan fingerprint density at radius 3 is 1.94 bits per heavy atom. The van der Waals surface area contributed by atoms with Crippen molar-refractivity contribution in [1.82, 2.24) is 4.90 Å². The largest absolute Gasteiger partial charge is 0.573 e. The third-order valence-corrected chi connectivity index (χ3v) is 8.18. The van der Waals surface area contributed by atoms with Gasteiger partial charge in [0.1, 0.15) is 5.75 Å². The fourth-order valence-corrected chi connectivity index (χ4v) is 5.94. The number of nitrogens with zero attached hydrogens (tertiary/aromatic N) is 2. The van der Waals surface area contributed by atoms with E-state index in [9.17, 15) is 21.6 Å². The maximum absolute atomic E-state index is 13.7. The van der Waals surface area contributed by atoms with Gasteiger partial charge in [-0.3, -0.25) is 0 Å². The van der Waals surface area contributed by atoms with E-state index < -0.39 is 16.2 Å². The van der Waals surface area contributed by atoms with Gasteiger partial charge in [0.05, 0.1) is 15.5 Å². The van der Waals surface area contributed by atoms with Gasteiger partial charge in [-0.25, -0.2) is 8.42 Å². The summed E-state index contributed by atoms with van der Waals surface area (Å²) < 4.78 is 68.3. The first-order valence-corrected chi connectivity index (χ1v) is 13.1. The Hall–Kier alpha value is -3.04. The van der Waals surface area contributed by atoms with Crippen molar-refractivity contribution in [3.63, 3.8) is 0 Å². The summed E-state index contributed by atoms with van der Waals surface area (Å²) >= 11 is 0. The lowest BCUT2D eigenvalue weighted by molar-refractivity contribution is -0.274. The first kappa shape index (κ1) is 26.0. The van der Waals surface area contributed by atoms with E-state index in [0.717, 1.165) is 42.6 Å². The van der Waals surface area contributed by atoms with Crippen molar-refractivity contribution >= 4 is 15.5 Å². The van der Waals surface area contributed by atoms with E-state index in [2.05, 4.69) is 16.7 Å². The average Bonchev–Trinajstić information content (AvgIpc) is 3.00. The van der Waals surface area contributed by atoms with Crippen molar-refractivity contribution in [2.24, 2.45) is 0 Å². The molecule has 4 rings (SSSR count). The molecular weight excluding hydrogens is 489 g/mol. The molecule has 0 unspecified atom stereocenters. The minimum Gasteiger partial charge on any atom is -0.406 e. The lowest BCUT2D eigenvalue weighted by atomic mass is 10.0. The number of alkyl halides is 3. The number of anilines is 1. The van der Waals surface area contributed by atoms with E-state index in [-0.39, 0.29) is 10.6 Å². The molecule has 5 nitrogen and oxygen atoms in total. The molecule has 0 amide bonds. The van der Waals surface area contributed by atoms with E-state index in [1.54, 1.807) is 36.4 Å². The summed E-state index contributed by atoms with van der Waals surface area (Å²) in [6, 6.07) is 16.1. The predicted octanol–water partition coefficient (Wildman–Crippen LogP) is 5.11. The Balaban J connectivity index is 1.58. The molecule has 0 bridgehead atoms. The van der Waals surface area contributed by atoms with Crippen LogP contribution in [0.2, 0.25) is 0 Å². The zero-order valence-corrected chi connectivity index (χ0v) is 21.3. The molecule has 1 aliphatic rings. The number of rotatable bonds is 6. The number of sulfone groups is 1. The Morgan fingerprint density at radius 2 is 1.42 bits per heavy atom. The maximum Gasteiger partial charge on any atom is 0.573 e. The molecule has 1 aliphatic heterocycles. The Kier molecular flexibility index (Phi) is 7.33. The molecule has 0 aliphatic carbocycles. The number of benzene rings is 3. The van der Waals surface area contributed by atoms with Gasteiger partial charge in [-0.1, -0.05) is 24.3 Å². The summed E-state index contributed by atoms with van der Waals surface area (Å²) in [4.78, 5) is 4.58. The van der Waals surface area contributed by atoms with E-state index >= 15 is 0 Å². The van der Waals surface area contributed by atoms with Crippen molar-refractivity contribution in [2.45, 2.75) is 35.4 Å². The van der Waals surface area contributed by atoms with Crippen LogP contribution in [0.3, 0.4) is 0 Å². The molecule has 3 aromatic carbocycles. The van der Waals surface area contributed by atoms with Gasteiger partial charge >= 0.3 is 6.36 Å². The third-order valence-electron chi connectivity index (χ3n) is 6.38. The minimum atomic E-state index is -4.73. The highest BCUT2D eigenvalue weighted by Gasteiger charge is 2.31. The monoisotopic (exact) mass is 518 g/mol. The SMILES string of the molecule is CN1CCc2cc(N(C)C)c(S(=O)(=O)c3ccc(Cc4ccc(OC(F)(F)F)cc4)cc3)cc2CC1. The quantitative estimate of drug-likeness (QED) is 0.454. The third kappa shape index (κ3) is 6.02. The molecule has 0 aromatic heterocycles. The highest BCUT2D eigenvalue weighted by atomic mass is 32.2. The number of likely N-dealkylation sites (N-methyl/N-ethyl adjacent to an activating group) is 1. The lowest BCUT2D eigenvalue weighted by Gasteiger charge is -2.21. The van der Waals surface area contributed by atoms with Gasteiger partial charge in [-0.15, -0.1) is 13.2 Å². The number of hydrogen-bond acceptors (Lipinski definition) is 5. The number of hydrogen-bond donors (Lipinski definition) is 0. The van der Waals surface area contributed by atoms with Crippen molar-refractivity contribution in [3.05, 3.63) is 82.9 Å². The molecule has 0 atom stereocenters. The van der Waals surface area contributed by atoms with Crippen molar-refractivity contribution in [2.75, 3.05) is 39.1 Å². The van der Waals surface area contributed by atoms with Gasteiger partial charge in [0.25, 0.3) is 0 Å². The lowest BCUT2D eigenvalue weighted by Crippen LogP contribution is -2.20. The smallest absolute Gasteiger partial charge is 0.406 e. The highest BCUT2D eigenvalue weighted by Crippen LogP contribution is 2.34. The molecule has 0 N–H and O–H groups in total. The fourth-order valence-electron chi connectivity index (χ4n) is 4.38. The summed E-state index contributed by atoms with van der Waals surface area (Å²) in [5.74, 6) is -0.281. The second kappa shape index (κ2) is 10.1. The molecule has 0 saturated heterocycles. The van der Waals surface area contributed by atoms with Crippen LogP contribution < -0.4 is 9.64 Å². The van der Waals surface area contributed by atoms with Crippen molar-refractivity contribution < 1.29 is 26.3 Å². The van der Waals surface area contributed by atoms with Gasteiger partial charge in [0.2, 0.25) is 9.84 Å². The molecule has 0 radical (unpaired) electrons. The van der Waals surface area contributed by atoms with Crippen LogP contribution in [0, 0.1) is 0 Å². The number of halogens is 3. The zero-order valence-electron chi connectivity index (χ0n) is 20.5. The molecule has 0 saturated carbocycles. The van der Waals surface area contributed by atoms with Crippen molar-refractivity contribution in [1.29, 1.82) is 0 Å². The Morgan fingerprint density at radius 1 is 0.889 bits per heavy atom. The van der Waals surface area contributed by atoms with E-state index in [1.807, 2.05) is 31.1 Å². The van der Waals surface area contributed by atoms with Gasteiger partial charge in [-0.05, 0) is 85.0 Å². The molecule has 192 valence electrons. The minimum absolute atomic E-state index is 0.203. The van der Waals surface area contributed by atoms with E-state index in [4.69, 9.17) is 0 Å². The van der Waals surface area contributed by atoms with Crippen LogP contribution >= 0.6 is 0 Å². The van der Waals surface area contributed by atoms with E-state index in [1.165, 1.54) is 17.7 Å². The van der Waals surface area contributed by atoms with Gasteiger partial charge in [0.15, 0.2) is 0 Å². The number of fused-ring (bicyclic) bond motifs is 1. The molecule has 1 heterocycles.